The van der Waals surface area contributed by atoms with Crippen molar-refractivity contribution in [3.05, 3.63) is 59.4 Å². The van der Waals surface area contributed by atoms with E-state index in [1.54, 1.807) is 35.5 Å². The van der Waals surface area contributed by atoms with Crippen molar-refractivity contribution >= 4 is 29.1 Å². The van der Waals surface area contributed by atoms with Crippen molar-refractivity contribution < 1.29 is 9.59 Å². The van der Waals surface area contributed by atoms with Crippen LogP contribution in [0.1, 0.15) is 12.0 Å². The molecule has 23 heavy (non-hydrogen) atoms. The van der Waals surface area contributed by atoms with Crippen molar-refractivity contribution in [1.29, 1.82) is 0 Å². The van der Waals surface area contributed by atoms with E-state index >= 15 is 0 Å². The second kappa shape index (κ2) is 6.79. The third-order valence-electron chi connectivity index (χ3n) is 3.83. The normalized spacial score (nSPS) is 17.3. The number of rotatable bonds is 4. The van der Waals surface area contributed by atoms with Crippen molar-refractivity contribution in [2.24, 2.45) is 5.92 Å². The number of nitrogens with zero attached hydrogens (tertiary/aromatic N) is 2. The van der Waals surface area contributed by atoms with Crippen LogP contribution < -0.4 is 10.2 Å². The van der Waals surface area contributed by atoms with E-state index in [0.717, 1.165) is 11.3 Å². The fourth-order valence-electron chi connectivity index (χ4n) is 2.61. The molecule has 118 valence electrons. The number of hydrogen-bond donors (Lipinski definition) is 1. The Bertz CT molecular complexity index is 721. The standard InChI is InChI=1S/C17H16ClN3O2/c18-14-2-1-3-15(9-14)21-11-13(8-16(21)22)17(23)20-10-12-4-6-19-7-5-12/h1-7,9,13H,8,10-11H2,(H,20,23)/t13-/m1/s1. The molecule has 1 saturated heterocycles. The zero-order valence-corrected chi connectivity index (χ0v) is 13.2. The molecular formula is C17H16ClN3O2. The second-order valence-corrected chi connectivity index (χ2v) is 5.89. The Labute approximate surface area is 139 Å². The summed E-state index contributed by atoms with van der Waals surface area (Å²) in [5.41, 5.74) is 1.70. The van der Waals surface area contributed by atoms with Gasteiger partial charge in [-0.3, -0.25) is 14.6 Å². The molecule has 6 heteroatoms. The Morgan fingerprint density at radius 3 is 2.83 bits per heavy atom. The topological polar surface area (TPSA) is 62.3 Å². The number of pyridine rings is 1. The molecule has 1 atom stereocenters. The molecule has 3 rings (SSSR count). The van der Waals surface area contributed by atoms with E-state index in [4.69, 9.17) is 11.6 Å². The van der Waals surface area contributed by atoms with Gasteiger partial charge in [-0.05, 0) is 35.9 Å². The van der Waals surface area contributed by atoms with Crippen LogP contribution in [0.25, 0.3) is 0 Å². The quantitative estimate of drug-likeness (QED) is 0.937. The lowest BCUT2D eigenvalue weighted by atomic mass is 10.1. The first-order chi connectivity index (χ1) is 11.1. The summed E-state index contributed by atoms with van der Waals surface area (Å²) in [7, 11) is 0. The first kappa shape index (κ1) is 15.5. The van der Waals surface area contributed by atoms with E-state index in [1.165, 1.54) is 0 Å². The number of anilines is 1. The van der Waals surface area contributed by atoms with E-state index in [-0.39, 0.29) is 24.2 Å². The number of amides is 2. The molecule has 2 heterocycles. The molecule has 0 bridgehead atoms. The Morgan fingerprint density at radius 2 is 2.09 bits per heavy atom. The summed E-state index contributed by atoms with van der Waals surface area (Å²) >= 11 is 5.97. The molecule has 0 spiro atoms. The summed E-state index contributed by atoms with van der Waals surface area (Å²) in [5, 5.41) is 3.44. The van der Waals surface area contributed by atoms with Crippen molar-refractivity contribution in [2.75, 3.05) is 11.4 Å². The Hall–Kier alpha value is -2.40. The largest absolute Gasteiger partial charge is 0.352 e. The van der Waals surface area contributed by atoms with Crippen molar-refractivity contribution in [3.8, 4) is 0 Å². The molecule has 2 amide bonds. The van der Waals surface area contributed by atoms with Crippen LogP contribution in [0.5, 0.6) is 0 Å². The van der Waals surface area contributed by atoms with Gasteiger partial charge in [-0.1, -0.05) is 17.7 Å². The van der Waals surface area contributed by atoms with E-state index in [2.05, 4.69) is 10.3 Å². The van der Waals surface area contributed by atoms with Gasteiger partial charge in [0.15, 0.2) is 0 Å². The van der Waals surface area contributed by atoms with Crippen molar-refractivity contribution in [2.45, 2.75) is 13.0 Å². The number of hydrogen-bond acceptors (Lipinski definition) is 3. The Kier molecular flexibility index (Phi) is 4.57. The number of benzene rings is 1. The van der Waals surface area contributed by atoms with Gasteiger partial charge in [0.05, 0.1) is 5.92 Å². The summed E-state index contributed by atoms with van der Waals surface area (Å²) in [6, 6.07) is 10.8. The molecule has 0 aliphatic carbocycles. The van der Waals surface area contributed by atoms with E-state index < -0.39 is 0 Å². The fraction of sp³-hybridized carbons (Fsp3) is 0.235. The number of carbonyl (C=O) groups excluding carboxylic acids is 2. The van der Waals surface area contributed by atoms with Gasteiger partial charge in [-0.2, -0.15) is 0 Å². The maximum Gasteiger partial charge on any atom is 0.227 e. The Morgan fingerprint density at radius 1 is 1.30 bits per heavy atom. The summed E-state index contributed by atoms with van der Waals surface area (Å²) in [5.74, 6) is -0.515. The lowest BCUT2D eigenvalue weighted by molar-refractivity contribution is -0.126. The summed E-state index contributed by atoms with van der Waals surface area (Å²) in [4.78, 5) is 30.0. The van der Waals surface area contributed by atoms with Gasteiger partial charge >= 0.3 is 0 Å². The molecule has 1 aromatic heterocycles. The molecule has 1 aliphatic rings. The third kappa shape index (κ3) is 3.68. The molecule has 0 saturated carbocycles. The molecule has 0 unspecified atom stereocenters. The summed E-state index contributed by atoms with van der Waals surface area (Å²) < 4.78 is 0. The van der Waals surface area contributed by atoms with Crippen LogP contribution in [-0.2, 0) is 16.1 Å². The third-order valence-corrected chi connectivity index (χ3v) is 4.07. The SMILES string of the molecule is O=C(NCc1ccncc1)[C@@H]1CC(=O)N(c2cccc(Cl)c2)C1. The highest BCUT2D eigenvalue weighted by molar-refractivity contribution is 6.30. The van der Waals surface area contributed by atoms with E-state index in [1.807, 2.05) is 18.2 Å². The van der Waals surface area contributed by atoms with Crippen molar-refractivity contribution in [1.82, 2.24) is 10.3 Å². The molecule has 5 nitrogen and oxygen atoms in total. The summed E-state index contributed by atoms with van der Waals surface area (Å²) in [6.07, 6.45) is 3.58. The summed E-state index contributed by atoms with van der Waals surface area (Å²) in [6.45, 7) is 0.810. The lowest BCUT2D eigenvalue weighted by Crippen LogP contribution is -2.32. The minimum atomic E-state index is -0.344. The zero-order chi connectivity index (χ0) is 16.2. The fourth-order valence-corrected chi connectivity index (χ4v) is 2.80. The highest BCUT2D eigenvalue weighted by atomic mass is 35.5. The predicted octanol–water partition coefficient (Wildman–Crippen LogP) is 2.40. The average Bonchev–Trinajstić information content (AvgIpc) is 2.95. The first-order valence-corrected chi connectivity index (χ1v) is 7.74. The maximum atomic E-state index is 12.3. The molecular weight excluding hydrogens is 314 g/mol. The monoisotopic (exact) mass is 329 g/mol. The molecule has 2 aromatic rings. The molecule has 1 aliphatic heterocycles. The second-order valence-electron chi connectivity index (χ2n) is 5.46. The van der Waals surface area contributed by atoms with Gasteiger partial charge in [0.25, 0.3) is 0 Å². The van der Waals surface area contributed by atoms with Crippen LogP contribution in [0.3, 0.4) is 0 Å². The van der Waals surface area contributed by atoms with Gasteiger partial charge in [0, 0.05) is 42.6 Å². The number of aromatic nitrogens is 1. The Balaban J connectivity index is 1.62. The number of nitrogens with one attached hydrogen (secondary N) is 1. The highest BCUT2D eigenvalue weighted by Gasteiger charge is 2.35. The number of carbonyl (C=O) groups is 2. The number of halogens is 1. The van der Waals surface area contributed by atoms with E-state index in [9.17, 15) is 9.59 Å². The van der Waals surface area contributed by atoms with Crippen LogP contribution in [0.15, 0.2) is 48.8 Å². The smallest absolute Gasteiger partial charge is 0.227 e. The highest BCUT2D eigenvalue weighted by Crippen LogP contribution is 2.27. The van der Waals surface area contributed by atoms with Crippen LogP contribution in [-0.4, -0.2) is 23.3 Å². The minimum Gasteiger partial charge on any atom is -0.352 e. The van der Waals surface area contributed by atoms with Gasteiger partial charge in [0.1, 0.15) is 0 Å². The van der Waals surface area contributed by atoms with Crippen molar-refractivity contribution in [3.63, 3.8) is 0 Å². The first-order valence-electron chi connectivity index (χ1n) is 7.36. The molecule has 0 radical (unpaired) electrons. The van der Waals surface area contributed by atoms with Crippen LogP contribution >= 0.6 is 11.6 Å². The molecule has 1 N–H and O–H groups in total. The molecule has 1 fully saturated rings. The molecule has 1 aromatic carbocycles. The maximum absolute atomic E-state index is 12.3. The van der Waals surface area contributed by atoms with Crippen LogP contribution in [0.2, 0.25) is 5.02 Å². The van der Waals surface area contributed by atoms with Crippen LogP contribution in [0, 0.1) is 5.92 Å². The average molecular weight is 330 g/mol. The lowest BCUT2D eigenvalue weighted by Gasteiger charge is -2.17. The van der Waals surface area contributed by atoms with Gasteiger partial charge in [0.2, 0.25) is 11.8 Å². The van der Waals surface area contributed by atoms with Crippen LogP contribution in [0.4, 0.5) is 5.69 Å². The van der Waals surface area contributed by atoms with Gasteiger partial charge < -0.3 is 10.2 Å². The zero-order valence-electron chi connectivity index (χ0n) is 12.4. The predicted molar refractivity (Wildman–Crippen MR) is 88.0 cm³/mol. The van der Waals surface area contributed by atoms with E-state index in [0.29, 0.717) is 18.1 Å². The van der Waals surface area contributed by atoms with Gasteiger partial charge in [-0.25, -0.2) is 0 Å². The van der Waals surface area contributed by atoms with Gasteiger partial charge in [-0.15, -0.1) is 0 Å². The minimum absolute atomic E-state index is 0.0590.